The molecule has 2 N–H and O–H groups in total. The molecule has 1 aliphatic carbocycles. The van der Waals surface area contributed by atoms with Gasteiger partial charge in [-0.05, 0) is 35.0 Å². The van der Waals surface area contributed by atoms with Crippen molar-refractivity contribution in [2.45, 2.75) is 48.5 Å². The van der Waals surface area contributed by atoms with Crippen molar-refractivity contribution in [1.29, 1.82) is 0 Å². The smallest absolute Gasteiger partial charge is 0.215 e. The normalized spacial score (nSPS) is 16.2. The summed E-state index contributed by atoms with van der Waals surface area (Å²) in [6.07, 6.45) is 6.81. The number of tetrazole rings is 1. The molecule has 0 unspecified atom stereocenters. The maximum atomic E-state index is 5.88. The van der Waals surface area contributed by atoms with Crippen LogP contribution in [-0.2, 0) is 6.54 Å². The van der Waals surface area contributed by atoms with Crippen molar-refractivity contribution in [3.8, 4) is 0 Å². The van der Waals surface area contributed by atoms with Gasteiger partial charge in [0.15, 0.2) is 4.96 Å². The van der Waals surface area contributed by atoms with Gasteiger partial charge >= 0.3 is 0 Å². The van der Waals surface area contributed by atoms with Crippen LogP contribution < -0.4 is 5.73 Å². The van der Waals surface area contributed by atoms with Crippen LogP contribution in [0.3, 0.4) is 0 Å². The van der Waals surface area contributed by atoms with E-state index < -0.39 is 0 Å². The zero-order chi connectivity index (χ0) is 14.2. The van der Waals surface area contributed by atoms with E-state index in [0.717, 1.165) is 33.7 Å². The summed E-state index contributed by atoms with van der Waals surface area (Å²) in [5.41, 5.74) is 6.89. The summed E-state index contributed by atoms with van der Waals surface area (Å²) in [5.74, 6) is 0. The highest BCUT2D eigenvalue weighted by atomic mass is 32.2. The Labute approximate surface area is 129 Å². The maximum Gasteiger partial charge on any atom is 0.215 e. The molecule has 110 valence electrons. The van der Waals surface area contributed by atoms with Crippen LogP contribution >= 0.6 is 23.1 Å². The average molecular weight is 321 g/mol. The van der Waals surface area contributed by atoms with Gasteiger partial charge in [0.25, 0.3) is 0 Å². The Kier molecular flexibility index (Phi) is 3.40. The van der Waals surface area contributed by atoms with Gasteiger partial charge in [0.2, 0.25) is 5.16 Å². The minimum atomic E-state index is 0.424. The lowest BCUT2D eigenvalue weighted by Gasteiger charge is -2.10. The first-order chi connectivity index (χ1) is 10.4. The third kappa shape index (κ3) is 2.25. The van der Waals surface area contributed by atoms with Gasteiger partial charge in [-0.3, -0.25) is 4.40 Å². The summed E-state index contributed by atoms with van der Waals surface area (Å²) in [6, 6.07) is 0.424. The Bertz CT molecular complexity index is 753. The number of fused-ring (bicyclic) bond motifs is 1. The minimum Gasteiger partial charge on any atom is -0.325 e. The fourth-order valence-corrected chi connectivity index (χ4v) is 4.55. The first-order valence-electron chi connectivity index (χ1n) is 6.97. The zero-order valence-corrected chi connectivity index (χ0v) is 13.0. The molecular weight excluding hydrogens is 306 g/mol. The van der Waals surface area contributed by atoms with E-state index in [1.54, 1.807) is 11.3 Å². The first-order valence-corrected chi connectivity index (χ1v) is 8.66. The molecule has 3 aromatic rings. The Morgan fingerprint density at radius 1 is 1.38 bits per heavy atom. The Morgan fingerprint density at radius 3 is 3.05 bits per heavy atom. The number of rotatable bonds is 4. The van der Waals surface area contributed by atoms with Crippen LogP contribution in [0.1, 0.15) is 37.4 Å². The molecule has 9 heteroatoms. The number of nitrogens with two attached hydrogens (primary N) is 1. The van der Waals surface area contributed by atoms with Crippen molar-refractivity contribution in [1.82, 2.24) is 29.6 Å². The number of hydrogen-bond donors (Lipinski definition) is 1. The van der Waals surface area contributed by atoms with Crippen LogP contribution in [0.5, 0.6) is 0 Å². The quantitative estimate of drug-likeness (QED) is 0.792. The summed E-state index contributed by atoms with van der Waals surface area (Å²) < 4.78 is 3.99. The van der Waals surface area contributed by atoms with E-state index in [9.17, 15) is 0 Å². The van der Waals surface area contributed by atoms with Crippen LogP contribution in [0.15, 0.2) is 21.8 Å². The molecule has 0 spiro atoms. The van der Waals surface area contributed by atoms with Gasteiger partial charge in [-0.25, -0.2) is 9.67 Å². The summed E-state index contributed by atoms with van der Waals surface area (Å²) in [7, 11) is 0. The maximum absolute atomic E-state index is 5.88. The predicted octanol–water partition coefficient (Wildman–Crippen LogP) is 2.11. The van der Waals surface area contributed by atoms with E-state index in [1.807, 2.05) is 20.7 Å². The monoisotopic (exact) mass is 321 g/mol. The SMILES string of the molecule is NCc1c(Sc2nnnn2C2CCCC2)nc2sccn12. The van der Waals surface area contributed by atoms with E-state index in [0.29, 0.717) is 12.6 Å². The van der Waals surface area contributed by atoms with Gasteiger partial charge in [-0.2, -0.15) is 0 Å². The largest absolute Gasteiger partial charge is 0.325 e. The number of imidazole rings is 1. The molecule has 4 rings (SSSR count). The molecule has 1 fully saturated rings. The molecule has 0 aliphatic heterocycles. The van der Waals surface area contributed by atoms with E-state index in [2.05, 4.69) is 20.5 Å². The second kappa shape index (κ2) is 5.39. The topological polar surface area (TPSA) is 86.9 Å². The highest BCUT2D eigenvalue weighted by Crippen LogP contribution is 2.35. The van der Waals surface area contributed by atoms with Crippen molar-refractivity contribution in [2.24, 2.45) is 5.73 Å². The van der Waals surface area contributed by atoms with Gasteiger partial charge in [-0.1, -0.05) is 12.8 Å². The Balaban J connectivity index is 1.68. The predicted molar refractivity (Wildman–Crippen MR) is 80.4 cm³/mol. The van der Waals surface area contributed by atoms with Crippen LogP contribution in [0, 0.1) is 0 Å². The van der Waals surface area contributed by atoms with Crippen LogP contribution in [-0.4, -0.2) is 29.6 Å². The van der Waals surface area contributed by atoms with E-state index in [1.165, 1.54) is 24.6 Å². The molecule has 7 nitrogen and oxygen atoms in total. The van der Waals surface area contributed by atoms with Crippen molar-refractivity contribution in [3.05, 3.63) is 17.3 Å². The van der Waals surface area contributed by atoms with Gasteiger partial charge in [0.1, 0.15) is 5.03 Å². The number of thiazole rings is 1. The molecule has 0 bridgehead atoms. The molecule has 3 heterocycles. The lowest BCUT2D eigenvalue weighted by molar-refractivity contribution is 0.423. The van der Waals surface area contributed by atoms with E-state index in [4.69, 9.17) is 5.73 Å². The molecule has 0 saturated heterocycles. The number of nitrogens with zero attached hydrogens (tertiary/aromatic N) is 6. The minimum absolute atomic E-state index is 0.424. The second-order valence-corrected chi connectivity index (χ2v) is 6.90. The van der Waals surface area contributed by atoms with Crippen LogP contribution in [0.25, 0.3) is 4.96 Å². The van der Waals surface area contributed by atoms with E-state index >= 15 is 0 Å². The Morgan fingerprint density at radius 2 is 2.24 bits per heavy atom. The molecule has 1 aliphatic rings. The van der Waals surface area contributed by atoms with Gasteiger partial charge in [0, 0.05) is 18.1 Å². The molecule has 0 aromatic carbocycles. The fourth-order valence-electron chi connectivity index (χ4n) is 2.80. The molecule has 0 atom stereocenters. The van der Waals surface area contributed by atoms with Crippen LogP contribution in [0.4, 0.5) is 0 Å². The Hall–Kier alpha value is -1.45. The van der Waals surface area contributed by atoms with Crippen LogP contribution in [0.2, 0.25) is 0 Å². The highest BCUT2D eigenvalue weighted by Gasteiger charge is 2.23. The molecule has 0 amide bonds. The number of aromatic nitrogens is 6. The fraction of sp³-hybridized carbons (Fsp3) is 0.500. The zero-order valence-electron chi connectivity index (χ0n) is 11.3. The molecular formula is C12H15N7S2. The third-order valence-corrected chi connectivity index (χ3v) is 5.57. The molecule has 21 heavy (non-hydrogen) atoms. The van der Waals surface area contributed by atoms with Crippen molar-refractivity contribution < 1.29 is 0 Å². The van der Waals surface area contributed by atoms with Crippen molar-refractivity contribution in [3.63, 3.8) is 0 Å². The van der Waals surface area contributed by atoms with Gasteiger partial charge in [-0.15, -0.1) is 16.4 Å². The summed E-state index contributed by atoms with van der Waals surface area (Å²) >= 11 is 3.12. The summed E-state index contributed by atoms with van der Waals surface area (Å²) in [6.45, 7) is 0.450. The van der Waals surface area contributed by atoms with Gasteiger partial charge in [0.05, 0.1) is 11.7 Å². The summed E-state index contributed by atoms with van der Waals surface area (Å²) in [4.78, 5) is 5.60. The van der Waals surface area contributed by atoms with Crippen molar-refractivity contribution in [2.75, 3.05) is 0 Å². The summed E-state index contributed by atoms with van der Waals surface area (Å²) in [5, 5.41) is 15.9. The molecule has 0 radical (unpaired) electrons. The number of hydrogen-bond acceptors (Lipinski definition) is 7. The molecule has 3 aromatic heterocycles. The van der Waals surface area contributed by atoms with E-state index in [-0.39, 0.29) is 0 Å². The third-order valence-electron chi connectivity index (χ3n) is 3.84. The standard InChI is InChI=1S/C12H15N7S2/c13-7-9-10(14-11-18(9)5-6-20-11)21-12-15-16-17-19(12)8-3-1-2-4-8/h5-6,8H,1-4,7,13H2. The second-order valence-electron chi connectivity index (χ2n) is 5.07. The first kappa shape index (κ1) is 13.2. The van der Waals surface area contributed by atoms with Crippen molar-refractivity contribution >= 4 is 28.1 Å². The van der Waals surface area contributed by atoms with Gasteiger partial charge < -0.3 is 5.73 Å². The highest BCUT2D eigenvalue weighted by molar-refractivity contribution is 7.99. The average Bonchev–Trinajstić information content (AvgIpc) is 3.23. The lowest BCUT2D eigenvalue weighted by Crippen LogP contribution is -2.08. The lowest BCUT2D eigenvalue weighted by atomic mass is 10.3. The molecule has 1 saturated carbocycles.